The van der Waals surface area contributed by atoms with Crippen LogP contribution in [0.25, 0.3) is 0 Å². The van der Waals surface area contributed by atoms with Crippen LogP contribution in [0, 0.1) is 0 Å². The van der Waals surface area contributed by atoms with Gasteiger partial charge in [-0.3, -0.25) is 4.79 Å². The predicted octanol–water partition coefficient (Wildman–Crippen LogP) is 3.99. The number of nitrogens with zero attached hydrogens (tertiary/aromatic N) is 1. The first kappa shape index (κ1) is 21.8. The first-order valence-corrected chi connectivity index (χ1v) is 10.0. The van der Waals surface area contributed by atoms with Crippen molar-refractivity contribution in [1.29, 1.82) is 0 Å². The SMILES string of the molecule is COC(=O)Oc1ccc(/C=N\NC(=O)CSCc2cccc(Br)c2)cc1OC. The molecule has 9 heteroatoms. The lowest BCUT2D eigenvalue weighted by Gasteiger charge is -2.08. The summed E-state index contributed by atoms with van der Waals surface area (Å²) in [5.41, 5.74) is 4.28. The van der Waals surface area contributed by atoms with E-state index in [9.17, 15) is 9.59 Å². The number of hydrogen-bond acceptors (Lipinski definition) is 7. The van der Waals surface area contributed by atoms with Gasteiger partial charge in [-0.25, -0.2) is 10.2 Å². The molecule has 0 aliphatic rings. The molecule has 0 aliphatic carbocycles. The van der Waals surface area contributed by atoms with Crippen LogP contribution >= 0.6 is 27.7 Å². The zero-order valence-electron chi connectivity index (χ0n) is 15.3. The second kappa shape index (κ2) is 11.4. The van der Waals surface area contributed by atoms with Crippen molar-refractivity contribution in [3.63, 3.8) is 0 Å². The molecule has 0 bridgehead atoms. The summed E-state index contributed by atoms with van der Waals surface area (Å²) in [5.74, 6) is 1.38. The van der Waals surface area contributed by atoms with Gasteiger partial charge in [-0.15, -0.1) is 11.8 Å². The third-order valence-corrected chi connectivity index (χ3v) is 4.84. The topological polar surface area (TPSA) is 86.2 Å². The first-order valence-electron chi connectivity index (χ1n) is 8.09. The molecule has 28 heavy (non-hydrogen) atoms. The van der Waals surface area contributed by atoms with Gasteiger partial charge in [0.1, 0.15) is 0 Å². The third-order valence-electron chi connectivity index (χ3n) is 3.34. The van der Waals surface area contributed by atoms with E-state index in [1.165, 1.54) is 32.2 Å². The van der Waals surface area contributed by atoms with E-state index in [0.717, 1.165) is 15.8 Å². The summed E-state index contributed by atoms with van der Waals surface area (Å²) in [6.07, 6.45) is 0.633. The van der Waals surface area contributed by atoms with Crippen LogP contribution in [-0.2, 0) is 15.3 Å². The normalized spacial score (nSPS) is 10.5. The van der Waals surface area contributed by atoms with E-state index in [4.69, 9.17) is 9.47 Å². The van der Waals surface area contributed by atoms with Crippen LogP contribution in [-0.4, -0.2) is 38.2 Å². The van der Waals surface area contributed by atoms with E-state index in [-0.39, 0.29) is 11.7 Å². The smallest absolute Gasteiger partial charge is 0.493 e. The highest BCUT2D eigenvalue weighted by Crippen LogP contribution is 2.27. The number of hydrazone groups is 1. The van der Waals surface area contributed by atoms with E-state index in [1.54, 1.807) is 18.2 Å². The molecule has 0 heterocycles. The van der Waals surface area contributed by atoms with Crippen molar-refractivity contribution in [2.45, 2.75) is 5.75 Å². The van der Waals surface area contributed by atoms with Gasteiger partial charge in [0, 0.05) is 10.2 Å². The minimum atomic E-state index is -0.840. The number of ether oxygens (including phenoxy) is 3. The zero-order valence-corrected chi connectivity index (χ0v) is 17.7. The fraction of sp³-hybridized carbons (Fsp3) is 0.211. The van der Waals surface area contributed by atoms with E-state index < -0.39 is 6.16 Å². The van der Waals surface area contributed by atoms with Gasteiger partial charge in [-0.2, -0.15) is 5.10 Å². The predicted molar refractivity (Wildman–Crippen MR) is 112 cm³/mol. The summed E-state index contributed by atoms with van der Waals surface area (Å²) in [6, 6.07) is 12.8. The summed E-state index contributed by atoms with van der Waals surface area (Å²) in [7, 11) is 2.67. The molecule has 0 atom stereocenters. The van der Waals surface area contributed by atoms with Crippen LogP contribution in [0.5, 0.6) is 11.5 Å². The molecular formula is C19H19BrN2O5S. The quantitative estimate of drug-likeness (QED) is 0.274. The Morgan fingerprint density at radius 3 is 2.71 bits per heavy atom. The standard InChI is InChI=1S/C19H19BrN2O5S/c1-25-17-9-13(6-7-16(17)27-19(24)26-2)10-21-22-18(23)12-28-11-14-4-3-5-15(20)8-14/h3-10H,11-12H2,1-2H3,(H,22,23)/b21-10-. The van der Waals surface area contributed by atoms with Crippen LogP contribution < -0.4 is 14.9 Å². The molecule has 2 rings (SSSR count). The minimum Gasteiger partial charge on any atom is -0.493 e. The molecule has 0 unspecified atom stereocenters. The molecule has 2 aromatic rings. The van der Waals surface area contributed by atoms with Gasteiger partial charge in [-0.1, -0.05) is 28.1 Å². The van der Waals surface area contributed by atoms with Crippen molar-refractivity contribution in [2.24, 2.45) is 5.10 Å². The van der Waals surface area contributed by atoms with Gasteiger partial charge in [-0.05, 0) is 41.5 Å². The van der Waals surface area contributed by atoms with Crippen molar-refractivity contribution in [2.75, 3.05) is 20.0 Å². The summed E-state index contributed by atoms with van der Waals surface area (Å²) in [6.45, 7) is 0. The number of benzene rings is 2. The largest absolute Gasteiger partial charge is 0.513 e. The van der Waals surface area contributed by atoms with Crippen molar-refractivity contribution in [3.05, 3.63) is 58.1 Å². The lowest BCUT2D eigenvalue weighted by Crippen LogP contribution is -2.19. The number of carbonyl (C=O) groups excluding carboxylic acids is 2. The van der Waals surface area contributed by atoms with Crippen molar-refractivity contribution in [3.8, 4) is 11.5 Å². The minimum absolute atomic E-state index is 0.200. The number of halogens is 1. The highest BCUT2D eigenvalue weighted by atomic mass is 79.9. The summed E-state index contributed by atoms with van der Waals surface area (Å²) in [5, 5.41) is 3.93. The number of nitrogens with one attached hydrogen (secondary N) is 1. The summed E-state index contributed by atoms with van der Waals surface area (Å²) in [4.78, 5) is 23.1. The molecule has 2 aromatic carbocycles. The molecule has 148 valence electrons. The monoisotopic (exact) mass is 466 g/mol. The third kappa shape index (κ3) is 7.24. The van der Waals surface area contributed by atoms with Gasteiger partial charge in [0.2, 0.25) is 5.91 Å². The number of rotatable bonds is 8. The number of carbonyl (C=O) groups is 2. The van der Waals surface area contributed by atoms with Crippen LogP contribution in [0.1, 0.15) is 11.1 Å². The van der Waals surface area contributed by atoms with Crippen LogP contribution in [0.3, 0.4) is 0 Å². The number of hydrogen-bond donors (Lipinski definition) is 1. The van der Waals surface area contributed by atoms with Crippen molar-refractivity contribution >= 4 is 46.0 Å². The van der Waals surface area contributed by atoms with Crippen LogP contribution in [0.2, 0.25) is 0 Å². The second-order valence-corrected chi connectivity index (χ2v) is 7.28. The second-order valence-electron chi connectivity index (χ2n) is 5.38. The van der Waals surface area contributed by atoms with E-state index in [0.29, 0.717) is 17.1 Å². The molecule has 0 aliphatic heterocycles. The molecule has 0 aromatic heterocycles. The Morgan fingerprint density at radius 1 is 1.18 bits per heavy atom. The number of thioether (sulfide) groups is 1. The Bertz CT molecular complexity index is 860. The maximum atomic E-state index is 11.9. The Morgan fingerprint density at radius 2 is 2.00 bits per heavy atom. The molecule has 0 saturated carbocycles. The summed E-state index contributed by atoms with van der Waals surface area (Å²) < 4.78 is 15.6. The highest BCUT2D eigenvalue weighted by molar-refractivity contribution is 9.10. The van der Waals surface area contributed by atoms with Gasteiger partial charge in [0.25, 0.3) is 0 Å². The molecule has 0 spiro atoms. The fourth-order valence-electron chi connectivity index (χ4n) is 2.08. The van der Waals surface area contributed by atoms with Crippen LogP contribution in [0.15, 0.2) is 52.0 Å². The number of methoxy groups -OCH3 is 2. The summed E-state index contributed by atoms with van der Waals surface area (Å²) >= 11 is 4.92. The van der Waals surface area contributed by atoms with E-state index in [1.807, 2.05) is 24.3 Å². The zero-order chi connectivity index (χ0) is 20.4. The molecule has 0 radical (unpaired) electrons. The molecule has 7 nitrogen and oxygen atoms in total. The fourth-order valence-corrected chi connectivity index (χ4v) is 3.29. The average Bonchev–Trinajstić information content (AvgIpc) is 2.69. The molecule has 0 fully saturated rings. The van der Waals surface area contributed by atoms with Crippen molar-refractivity contribution < 1.29 is 23.8 Å². The van der Waals surface area contributed by atoms with Gasteiger partial charge in [0.05, 0.1) is 26.2 Å². The van der Waals surface area contributed by atoms with Crippen molar-refractivity contribution in [1.82, 2.24) is 5.43 Å². The first-order chi connectivity index (χ1) is 13.5. The Kier molecular flexibility index (Phi) is 8.83. The lowest BCUT2D eigenvalue weighted by atomic mass is 10.2. The molecular weight excluding hydrogens is 448 g/mol. The van der Waals surface area contributed by atoms with E-state index in [2.05, 4.69) is 31.2 Å². The maximum absolute atomic E-state index is 11.9. The molecule has 1 amide bonds. The molecule has 0 saturated heterocycles. The molecule has 1 N–H and O–H groups in total. The van der Waals surface area contributed by atoms with Gasteiger partial charge >= 0.3 is 6.16 Å². The Labute approximate surface area is 175 Å². The van der Waals surface area contributed by atoms with Crippen LogP contribution in [0.4, 0.5) is 4.79 Å². The lowest BCUT2D eigenvalue weighted by molar-refractivity contribution is -0.118. The maximum Gasteiger partial charge on any atom is 0.513 e. The average molecular weight is 467 g/mol. The Hall–Kier alpha value is -2.52. The highest BCUT2D eigenvalue weighted by Gasteiger charge is 2.10. The van der Waals surface area contributed by atoms with E-state index >= 15 is 0 Å². The Balaban J connectivity index is 1.82. The van der Waals surface area contributed by atoms with Gasteiger partial charge < -0.3 is 14.2 Å². The number of amides is 1. The van der Waals surface area contributed by atoms with Gasteiger partial charge in [0.15, 0.2) is 11.5 Å².